The molecule has 1 aliphatic rings. The van der Waals surface area contributed by atoms with Crippen molar-refractivity contribution in [2.45, 2.75) is 45.1 Å². The average Bonchev–Trinajstić information content (AvgIpc) is 2.86. The van der Waals surface area contributed by atoms with Gasteiger partial charge in [-0.05, 0) is 44.6 Å². The van der Waals surface area contributed by atoms with Crippen LogP contribution >= 0.6 is 0 Å². The van der Waals surface area contributed by atoms with Crippen LogP contribution in [0.2, 0.25) is 0 Å². The molecule has 3 nitrogen and oxygen atoms in total. The first-order valence-electron chi connectivity index (χ1n) is 7.21. The molecule has 0 heterocycles. The first-order chi connectivity index (χ1) is 9.25. The lowest BCUT2D eigenvalue weighted by Gasteiger charge is -2.08. The van der Waals surface area contributed by atoms with E-state index in [9.17, 15) is 0 Å². The Balaban J connectivity index is 1.63. The number of hydrogen-bond donors (Lipinski definition) is 1. The molecule has 2 rings (SSSR count). The van der Waals surface area contributed by atoms with Gasteiger partial charge in [-0.25, -0.2) is 0 Å². The van der Waals surface area contributed by atoms with Crippen LogP contribution < -0.4 is 5.73 Å². The van der Waals surface area contributed by atoms with Crippen LogP contribution in [0, 0.1) is 5.92 Å². The molecule has 0 spiro atoms. The molecule has 0 aromatic heterocycles. The van der Waals surface area contributed by atoms with Crippen LogP contribution in [-0.4, -0.2) is 18.4 Å². The number of benzene rings is 1. The summed E-state index contributed by atoms with van der Waals surface area (Å²) < 4.78 is 0. The lowest BCUT2D eigenvalue weighted by atomic mass is 10.0. The lowest BCUT2D eigenvalue weighted by Crippen LogP contribution is -2.17. The fourth-order valence-electron chi connectivity index (χ4n) is 2.60. The van der Waals surface area contributed by atoms with E-state index in [-0.39, 0.29) is 0 Å². The molecule has 1 aliphatic carbocycles. The molecule has 0 saturated heterocycles. The Morgan fingerprint density at radius 1 is 1.32 bits per heavy atom. The summed E-state index contributed by atoms with van der Waals surface area (Å²) in [6.07, 6.45) is 5.38. The van der Waals surface area contributed by atoms with E-state index in [4.69, 9.17) is 10.6 Å². The Hall–Kier alpha value is -1.35. The first kappa shape index (κ1) is 14.1. The number of rotatable bonds is 6. The second kappa shape index (κ2) is 7.29. The van der Waals surface area contributed by atoms with E-state index in [1.807, 2.05) is 6.07 Å². The average molecular weight is 260 g/mol. The fourth-order valence-corrected chi connectivity index (χ4v) is 2.60. The maximum absolute atomic E-state index is 5.91. The largest absolute Gasteiger partial charge is 0.396 e. The van der Waals surface area contributed by atoms with Gasteiger partial charge in [0.1, 0.15) is 6.61 Å². The SMILES string of the molecule is C/C(=N\OCCCc1ccccc1)[C@H]1CC[C@@H](N)C1. The maximum atomic E-state index is 5.91. The Kier molecular flexibility index (Phi) is 5.40. The standard InChI is InChI=1S/C16H24N2O/c1-13(15-9-10-16(17)12-15)18-19-11-5-8-14-6-3-2-4-7-14/h2-4,6-7,15-16H,5,8-12,17H2,1H3/b18-13+/t15-,16+/m0/s1. The number of nitrogens with zero attached hydrogens (tertiary/aromatic N) is 1. The van der Waals surface area contributed by atoms with Gasteiger partial charge in [-0.1, -0.05) is 35.5 Å². The Morgan fingerprint density at radius 3 is 2.79 bits per heavy atom. The van der Waals surface area contributed by atoms with Crippen LogP contribution in [0.1, 0.15) is 38.2 Å². The Labute approximate surface area is 115 Å². The van der Waals surface area contributed by atoms with Gasteiger partial charge in [-0.2, -0.15) is 0 Å². The van der Waals surface area contributed by atoms with Crippen molar-refractivity contribution in [1.29, 1.82) is 0 Å². The van der Waals surface area contributed by atoms with Crippen molar-refractivity contribution in [3.8, 4) is 0 Å². The molecule has 0 radical (unpaired) electrons. The molecular formula is C16H24N2O. The summed E-state index contributed by atoms with van der Waals surface area (Å²) in [5.74, 6) is 0.532. The van der Waals surface area contributed by atoms with Crippen LogP contribution in [0.3, 0.4) is 0 Å². The van der Waals surface area contributed by atoms with Gasteiger partial charge in [0, 0.05) is 12.0 Å². The van der Waals surface area contributed by atoms with Crippen molar-refractivity contribution in [2.75, 3.05) is 6.61 Å². The van der Waals surface area contributed by atoms with Gasteiger partial charge in [0.05, 0.1) is 5.71 Å². The first-order valence-corrected chi connectivity index (χ1v) is 7.21. The van der Waals surface area contributed by atoms with Gasteiger partial charge >= 0.3 is 0 Å². The van der Waals surface area contributed by atoms with E-state index < -0.39 is 0 Å². The Morgan fingerprint density at radius 2 is 2.11 bits per heavy atom. The van der Waals surface area contributed by atoms with E-state index in [1.165, 1.54) is 5.56 Å². The predicted octanol–water partition coefficient (Wildman–Crippen LogP) is 3.14. The van der Waals surface area contributed by atoms with E-state index in [2.05, 4.69) is 36.3 Å². The molecule has 0 amide bonds. The summed E-state index contributed by atoms with van der Waals surface area (Å²) in [7, 11) is 0. The molecule has 0 bridgehead atoms. The zero-order chi connectivity index (χ0) is 13.5. The van der Waals surface area contributed by atoms with Crippen LogP contribution in [0.5, 0.6) is 0 Å². The smallest absolute Gasteiger partial charge is 0.117 e. The van der Waals surface area contributed by atoms with Crippen LogP contribution in [0.4, 0.5) is 0 Å². The van der Waals surface area contributed by atoms with E-state index in [0.29, 0.717) is 18.6 Å². The van der Waals surface area contributed by atoms with Crippen LogP contribution in [0.25, 0.3) is 0 Å². The lowest BCUT2D eigenvalue weighted by molar-refractivity contribution is 0.140. The number of oxime groups is 1. The molecule has 1 fully saturated rings. The molecule has 1 aromatic rings. The van der Waals surface area contributed by atoms with Gasteiger partial charge < -0.3 is 10.6 Å². The number of nitrogens with two attached hydrogens (primary N) is 1. The van der Waals surface area contributed by atoms with Gasteiger partial charge in [0.2, 0.25) is 0 Å². The molecule has 2 atom stereocenters. The second-order valence-electron chi connectivity index (χ2n) is 5.43. The summed E-state index contributed by atoms with van der Waals surface area (Å²) in [5.41, 5.74) is 8.37. The second-order valence-corrected chi connectivity index (χ2v) is 5.43. The third-order valence-corrected chi connectivity index (χ3v) is 3.82. The van der Waals surface area contributed by atoms with Crippen molar-refractivity contribution >= 4 is 5.71 Å². The molecular weight excluding hydrogens is 236 g/mol. The fraction of sp³-hybridized carbons (Fsp3) is 0.562. The minimum atomic E-state index is 0.355. The topological polar surface area (TPSA) is 47.6 Å². The molecule has 3 heteroatoms. The van der Waals surface area contributed by atoms with Gasteiger partial charge in [-0.15, -0.1) is 0 Å². The normalized spacial score (nSPS) is 23.6. The molecule has 104 valence electrons. The van der Waals surface area contributed by atoms with Crippen molar-refractivity contribution in [3.63, 3.8) is 0 Å². The van der Waals surface area contributed by atoms with Crippen molar-refractivity contribution in [1.82, 2.24) is 0 Å². The van der Waals surface area contributed by atoms with E-state index in [0.717, 1.165) is 37.8 Å². The zero-order valence-electron chi connectivity index (χ0n) is 11.7. The highest BCUT2D eigenvalue weighted by Crippen LogP contribution is 2.25. The third kappa shape index (κ3) is 4.67. The van der Waals surface area contributed by atoms with E-state index >= 15 is 0 Å². The van der Waals surface area contributed by atoms with Crippen LogP contribution in [-0.2, 0) is 11.3 Å². The minimum absolute atomic E-state index is 0.355. The van der Waals surface area contributed by atoms with Gasteiger partial charge in [0.25, 0.3) is 0 Å². The third-order valence-electron chi connectivity index (χ3n) is 3.82. The molecule has 2 N–H and O–H groups in total. The Bertz CT molecular complexity index is 402. The van der Waals surface area contributed by atoms with Gasteiger partial charge in [-0.3, -0.25) is 0 Å². The van der Waals surface area contributed by atoms with Crippen LogP contribution in [0.15, 0.2) is 35.5 Å². The summed E-state index contributed by atoms with van der Waals surface area (Å²) >= 11 is 0. The number of hydrogen-bond acceptors (Lipinski definition) is 3. The highest BCUT2D eigenvalue weighted by atomic mass is 16.6. The maximum Gasteiger partial charge on any atom is 0.117 e. The quantitative estimate of drug-likeness (QED) is 0.485. The predicted molar refractivity (Wildman–Crippen MR) is 79.1 cm³/mol. The highest BCUT2D eigenvalue weighted by Gasteiger charge is 2.24. The molecule has 1 aromatic carbocycles. The zero-order valence-corrected chi connectivity index (χ0v) is 11.7. The molecule has 0 unspecified atom stereocenters. The molecule has 1 saturated carbocycles. The summed E-state index contributed by atoms with van der Waals surface area (Å²) in [5, 5.41) is 4.23. The number of aryl methyl sites for hydroxylation is 1. The molecule has 19 heavy (non-hydrogen) atoms. The van der Waals surface area contributed by atoms with Crippen molar-refractivity contribution < 1.29 is 4.84 Å². The van der Waals surface area contributed by atoms with Gasteiger partial charge in [0.15, 0.2) is 0 Å². The van der Waals surface area contributed by atoms with Crippen molar-refractivity contribution in [2.24, 2.45) is 16.8 Å². The van der Waals surface area contributed by atoms with E-state index in [1.54, 1.807) is 0 Å². The minimum Gasteiger partial charge on any atom is -0.396 e. The van der Waals surface area contributed by atoms with Crippen molar-refractivity contribution in [3.05, 3.63) is 35.9 Å². The molecule has 0 aliphatic heterocycles. The highest BCUT2D eigenvalue weighted by molar-refractivity contribution is 5.84. The summed E-state index contributed by atoms with van der Waals surface area (Å²) in [6.45, 7) is 2.74. The monoisotopic (exact) mass is 260 g/mol. The summed E-state index contributed by atoms with van der Waals surface area (Å²) in [4.78, 5) is 5.41. The summed E-state index contributed by atoms with van der Waals surface area (Å²) in [6, 6.07) is 10.8.